The van der Waals surface area contributed by atoms with Crippen LogP contribution in [0.3, 0.4) is 0 Å². The van der Waals surface area contributed by atoms with E-state index < -0.39 is 53.2 Å². The van der Waals surface area contributed by atoms with Crippen molar-refractivity contribution >= 4 is 29.7 Å². The first-order chi connectivity index (χ1) is 19.8. The molecule has 0 unspecified atom stereocenters. The third kappa shape index (κ3) is 13.3. The van der Waals surface area contributed by atoms with Gasteiger partial charge in [-0.1, -0.05) is 83.2 Å². The zero-order chi connectivity index (χ0) is 31.3. The Morgan fingerprint density at radius 2 is 1.62 bits per heavy atom. The Morgan fingerprint density at radius 1 is 0.976 bits per heavy atom. The zero-order valence-corrected chi connectivity index (χ0v) is 27.0. The summed E-state index contributed by atoms with van der Waals surface area (Å²) in [5, 5.41) is 29.4. The van der Waals surface area contributed by atoms with Crippen molar-refractivity contribution in [3.05, 3.63) is 35.9 Å². The van der Waals surface area contributed by atoms with Gasteiger partial charge in [-0.2, -0.15) is 0 Å². The number of amides is 3. The average Bonchev–Trinajstić information content (AvgIpc) is 2.91. The molecule has 10 heteroatoms. The Morgan fingerprint density at radius 3 is 2.19 bits per heavy atom. The Hall–Kier alpha value is -2.30. The van der Waals surface area contributed by atoms with Gasteiger partial charge < -0.3 is 30.9 Å². The van der Waals surface area contributed by atoms with Crippen LogP contribution in [0.1, 0.15) is 92.1 Å². The van der Waals surface area contributed by atoms with Crippen LogP contribution in [-0.4, -0.2) is 69.1 Å². The third-order valence-corrected chi connectivity index (χ3v) is 8.29. The third-order valence-electron chi connectivity index (χ3n) is 7.29. The zero-order valence-electron chi connectivity index (χ0n) is 26.2. The largest absolute Gasteiger partial charge is 0.444 e. The molecule has 3 amide bonds. The topological polar surface area (TPSA) is 137 Å². The fraction of sp³-hybridized carbons (Fsp3) is 0.719. The minimum Gasteiger partial charge on any atom is -0.444 e. The molecule has 238 valence electrons. The number of ether oxygens (including phenoxy) is 1. The molecule has 0 spiro atoms. The molecular formula is C32H53N3O6S. The lowest BCUT2D eigenvalue weighted by molar-refractivity contribution is -0.129. The molecule has 1 aromatic carbocycles. The molecule has 0 heterocycles. The molecular weight excluding hydrogens is 554 g/mol. The van der Waals surface area contributed by atoms with Gasteiger partial charge in [-0.15, -0.1) is 11.8 Å². The molecule has 5 N–H and O–H groups in total. The van der Waals surface area contributed by atoms with Gasteiger partial charge in [-0.05, 0) is 56.8 Å². The van der Waals surface area contributed by atoms with Crippen LogP contribution in [0.5, 0.6) is 0 Å². The van der Waals surface area contributed by atoms with Crippen molar-refractivity contribution in [2.75, 3.05) is 5.75 Å². The average molecular weight is 608 g/mol. The first kappa shape index (κ1) is 35.9. The van der Waals surface area contributed by atoms with Crippen LogP contribution in [0.25, 0.3) is 0 Å². The van der Waals surface area contributed by atoms with E-state index in [-0.39, 0.29) is 12.3 Å². The van der Waals surface area contributed by atoms with Crippen LogP contribution in [0.4, 0.5) is 4.79 Å². The van der Waals surface area contributed by atoms with Crippen molar-refractivity contribution in [1.29, 1.82) is 0 Å². The Balaban J connectivity index is 2.20. The second-order valence-electron chi connectivity index (χ2n) is 12.8. The number of rotatable bonds is 15. The quantitative estimate of drug-likeness (QED) is 0.185. The number of aliphatic hydroxyl groups is 2. The lowest BCUT2D eigenvalue weighted by Crippen LogP contribution is -2.57. The van der Waals surface area contributed by atoms with Gasteiger partial charge in [0.15, 0.2) is 5.37 Å². The number of nitrogens with one attached hydrogen (secondary N) is 3. The molecule has 0 saturated heterocycles. The Kier molecular flexibility index (Phi) is 15.2. The molecule has 0 bridgehead atoms. The van der Waals surface area contributed by atoms with Gasteiger partial charge in [0.1, 0.15) is 17.7 Å². The molecule has 5 atom stereocenters. The summed E-state index contributed by atoms with van der Waals surface area (Å²) in [4.78, 5) is 39.8. The summed E-state index contributed by atoms with van der Waals surface area (Å²) in [5.41, 5.74) is 0.0970. The highest BCUT2D eigenvalue weighted by atomic mass is 32.2. The van der Waals surface area contributed by atoms with E-state index in [0.29, 0.717) is 24.5 Å². The van der Waals surface area contributed by atoms with E-state index >= 15 is 0 Å². The molecule has 0 aliphatic heterocycles. The fourth-order valence-corrected chi connectivity index (χ4v) is 6.06. The molecule has 42 heavy (non-hydrogen) atoms. The Bertz CT molecular complexity index is 965. The van der Waals surface area contributed by atoms with E-state index in [0.717, 1.165) is 31.2 Å². The number of carbonyl (C=O) groups excluding carboxylic acids is 3. The van der Waals surface area contributed by atoms with Crippen LogP contribution < -0.4 is 16.0 Å². The van der Waals surface area contributed by atoms with Crippen molar-refractivity contribution in [3.63, 3.8) is 0 Å². The number of carbonyl (C=O) groups is 3. The molecule has 0 radical (unpaired) electrons. The monoisotopic (exact) mass is 607 g/mol. The van der Waals surface area contributed by atoms with E-state index in [1.165, 1.54) is 18.2 Å². The number of thioether (sulfide) groups is 1. The van der Waals surface area contributed by atoms with E-state index in [9.17, 15) is 24.6 Å². The first-order valence-electron chi connectivity index (χ1n) is 15.4. The van der Waals surface area contributed by atoms with Crippen molar-refractivity contribution in [2.45, 2.75) is 128 Å². The van der Waals surface area contributed by atoms with Gasteiger partial charge in [-0.3, -0.25) is 9.59 Å². The van der Waals surface area contributed by atoms with Gasteiger partial charge >= 0.3 is 6.09 Å². The maximum Gasteiger partial charge on any atom is 0.408 e. The van der Waals surface area contributed by atoms with Gasteiger partial charge in [0.2, 0.25) is 5.91 Å². The van der Waals surface area contributed by atoms with E-state index in [4.69, 9.17) is 4.74 Å². The smallest absolute Gasteiger partial charge is 0.408 e. The normalized spacial score (nSPS) is 17.9. The number of aliphatic hydroxyl groups excluding tert-OH is 2. The number of alkyl carbamates (subject to hydrolysis) is 1. The standard InChI is InChI=1S/C32H53N3O6S/c1-7-42-30(29(39)33-24(19-22-14-10-8-11-15-22)27(37)26(36)18-21(2)3)35-28(38)25(20-23-16-12-9-13-17-23)34-31(40)41-32(4,5)6/h9,12-13,16-17,21-22,24-27,30,36-37H,7-8,10-11,14-15,18-20H2,1-6H3,(H,33,39)(H,34,40)(H,35,38)/t24-,25-,26-,27+,30-/m0/s1. The predicted octanol–water partition coefficient (Wildman–Crippen LogP) is 4.54. The second-order valence-corrected chi connectivity index (χ2v) is 14.2. The summed E-state index contributed by atoms with van der Waals surface area (Å²) < 4.78 is 5.39. The number of hydrogen-bond donors (Lipinski definition) is 5. The molecule has 2 rings (SSSR count). The summed E-state index contributed by atoms with van der Waals surface area (Å²) in [6.45, 7) is 11.1. The molecule has 1 fully saturated rings. The van der Waals surface area contributed by atoms with E-state index in [1.54, 1.807) is 20.8 Å². The summed E-state index contributed by atoms with van der Waals surface area (Å²) in [6.07, 6.45) is 3.85. The van der Waals surface area contributed by atoms with Crippen LogP contribution in [0, 0.1) is 11.8 Å². The van der Waals surface area contributed by atoms with Crippen LogP contribution in [0.15, 0.2) is 30.3 Å². The predicted molar refractivity (Wildman–Crippen MR) is 168 cm³/mol. The van der Waals surface area contributed by atoms with Crippen LogP contribution in [0.2, 0.25) is 0 Å². The van der Waals surface area contributed by atoms with Gasteiger partial charge in [0.05, 0.1) is 12.1 Å². The maximum atomic E-state index is 13.6. The first-order valence-corrected chi connectivity index (χ1v) is 16.5. The highest BCUT2D eigenvalue weighted by Gasteiger charge is 2.34. The highest BCUT2D eigenvalue weighted by molar-refractivity contribution is 8.00. The van der Waals surface area contributed by atoms with Crippen molar-refractivity contribution in [3.8, 4) is 0 Å². The van der Waals surface area contributed by atoms with Crippen molar-refractivity contribution in [2.24, 2.45) is 11.8 Å². The van der Waals surface area contributed by atoms with Crippen LogP contribution >= 0.6 is 11.8 Å². The minimum absolute atomic E-state index is 0.183. The molecule has 0 aromatic heterocycles. The van der Waals surface area contributed by atoms with E-state index in [1.807, 2.05) is 51.1 Å². The van der Waals surface area contributed by atoms with Crippen LogP contribution in [-0.2, 0) is 20.7 Å². The van der Waals surface area contributed by atoms with Gasteiger partial charge in [0.25, 0.3) is 5.91 Å². The summed E-state index contributed by atoms with van der Waals surface area (Å²) in [5.74, 6) is 0.123. The molecule has 9 nitrogen and oxygen atoms in total. The molecule has 1 aliphatic carbocycles. The number of benzene rings is 1. The van der Waals surface area contributed by atoms with Crippen molar-refractivity contribution in [1.82, 2.24) is 16.0 Å². The Labute approximate surface area is 256 Å². The SMILES string of the molecule is CCS[C@H](NC(=O)[C@H](Cc1ccccc1)NC(=O)OC(C)(C)C)C(=O)N[C@@H](CC1CCCCC1)[C@@H](O)[C@@H](O)CC(C)C. The summed E-state index contributed by atoms with van der Waals surface area (Å²) >= 11 is 1.25. The summed E-state index contributed by atoms with van der Waals surface area (Å²) in [7, 11) is 0. The minimum atomic E-state index is -1.12. The summed E-state index contributed by atoms with van der Waals surface area (Å²) in [6, 6.07) is 7.68. The highest BCUT2D eigenvalue weighted by Crippen LogP contribution is 2.29. The van der Waals surface area contributed by atoms with Crippen molar-refractivity contribution < 1.29 is 29.3 Å². The van der Waals surface area contributed by atoms with E-state index in [2.05, 4.69) is 16.0 Å². The maximum absolute atomic E-state index is 13.6. The lowest BCUT2D eigenvalue weighted by atomic mass is 9.82. The molecule has 1 aromatic rings. The fourth-order valence-electron chi connectivity index (χ4n) is 5.30. The van der Waals surface area contributed by atoms with Gasteiger partial charge in [0, 0.05) is 6.42 Å². The second kappa shape index (κ2) is 17.7. The molecule has 1 aliphatic rings. The lowest BCUT2D eigenvalue weighted by Gasteiger charge is -2.33. The molecule has 1 saturated carbocycles. The van der Waals surface area contributed by atoms with Gasteiger partial charge in [-0.25, -0.2) is 4.79 Å². The number of hydrogen-bond acceptors (Lipinski definition) is 7.